The van der Waals surface area contributed by atoms with E-state index < -0.39 is 75.7 Å². The SMILES string of the molecule is CCCCCCC/C=C\C/C=C\CCCCCCCCCCCCCC(=O)OC(COC(=O)CCCCCCCCCCC/C=C\CCCCCCCC)COP(=O)(O)OC1C(O)C(O)C(O)C(O)C1O. The molecule has 0 radical (unpaired) electrons. The standard InChI is InChI=1S/C57H105O13P/c1-3-5-7-9-11-13-15-17-19-21-23-24-25-26-28-30-32-34-36-38-40-42-44-46-51(59)69-49(48-68-71(65,66)70-57-55(63)53(61)52(60)54(62)56(57)64)47-67-50(58)45-43-41-39-37-35-33-31-29-27-22-20-18-16-14-12-10-8-6-4-2/h15,17-18,20-21,23,49,52-57,60-64H,3-14,16,19,22,24-48H2,1-2H3,(H,65,66)/b17-15-,20-18-,23-21-. The third kappa shape index (κ3) is 38.3. The highest BCUT2D eigenvalue weighted by molar-refractivity contribution is 7.47. The second-order valence-corrected chi connectivity index (χ2v) is 21.5. The molecule has 0 aromatic rings. The number of rotatable bonds is 49. The Balaban J connectivity index is 2.34. The zero-order chi connectivity index (χ0) is 52.1. The van der Waals surface area contributed by atoms with Gasteiger partial charge in [0.25, 0.3) is 0 Å². The summed E-state index contributed by atoms with van der Waals surface area (Å²) >= 11 is 0. The van der Waals surface area contributed by atoms with E-state index in [1.807, 2.05) is 0 Å². The number of aliphatic hydroxyl groups is 5. The quantitative estimate of drug-likeness (QED) is 0.0145. The number of unbranched alkanes of at least 4 members (excludes halogenated alkanes) is 31. The molecule has 1 fully saturated rings. The van der Waals surface area contributed by atoms with Gasteiger partial charge >= 0.3 is 19.8 Å². The molecule has 0 spiro atoms. The van der Waals surface area contributed by atoms with Gasteiger partial charge in [0.05, 0.1) is 6.61 Å². The van der Waals surface area contributed by atoms with Crippen LogP contribution in [-0.2, 0) is 32.7 Å². The Hall–Kier alpha value is -1.93. The lowest BCUT2D eigenvalue weighted by molar-refractivity contribution is -0.220. The van der Waals surface area contributed by atoms with Gasteiger partial charge in [-0.1, -0.05) is 211 Å². The highest BCUT2D eigenvalue weighted by Crippen LogP contribution is 2.47. The van der Waals surface area contributed by atoms with Gasteiger partial charge in [-0.2, -0.15) is 0 Å². The van der Waals surface area contributed by atoms with Crippen LogP contribution in [0.25, 0.3) is 0 Å². The van der Waals surface area contributed by atoms with E-state index in [4.69, 9.17) is 18.5 Å². The Bertz CT molecular complexity index is 1380. The number of esters is 2. The molecule has 71 heavy (non-hydrogen) atoms. The summed E-state index contributed by atoms with van der Waals surface area (Å²) in [5.41, 5.74) is 0. The minimum absolute atomic E-state index is 0.0953. The van der Waals surface area contributed by atoms with E-state index in [0.29, 0.717) is 12.8 Å². The van der Waals surface area contributed by atoms with Crippen molar-refractivity contribution in [2.45, 2.75) is 301 Å². The Morgan fingerprint density at radius 3 is 1.15 bits per heavy atom. The van der Waals surface area contributed by atoms with Gasteiger partial charge in [0.15, 0.2) is 6.10 Å². The molecule has 1 rings (SSSR count). The summed E-state index contributed by atoms with van der Waals surface area (Å²) in [6.45, 7) is 3.33. The highest BCUT2D eigenvalue weighted by Gasteiger charge is 2.51. The molecule has 0 aliphatic heterocycles. The molecule has 0 aromatic heterocycles. The molecule has 0 bridgehead atoms. The van der Waals surface area contributed by atoms with Crippen molar-refractivity contribution in [1.29, 1.82) is 0 Å². The van der Waals surface area contributed by atoms with Crippen molar-refractivity contribution in [3.8, 4) is 0 Å². The van der Waals surface area contributed by atoms with Gasteiger partial charge in [0.2, 0.25) is 0 Å². The number of ether oxygens (including phenoxy) is 2. The van der Waals surface area contributed by atoms with Crippen LogP contribution < -0.4 is 0 Å². The molecule has 0 aromatic carbocycles. The third-order valence-electron chi connectivity index (χ3n) is 13.5. The van der Waals surface area contributed by atoms with E-state index in [1.165, 1.54) is 154 Å². The lowest BCUT2D eigenvalue weighted by atomic mass is 9.85. The van der Waals surface area contributed by atoms with Crippen molar-refractivity contribution in [3.05, 3.63) is 36.5 Å². The summed E-state index contributed by atoms with van der Waals surface area (Å²) in [6, 6.07) is 0. The molecule has 6 N–H and O–H groups in total. The molecule has 0 amide bonds. The largest absolute Gasteiger partial charge is 0.472 e. The van der Waals surface area contributed by atoms with Crippen molar-refractivity contribution in [3.63, 3.8) is 0 Å². The molecule has 1 saturated carbocycles. The number of hydrogen-bond donors (Lipinski definition) is 6. The first-order chi connectivity index (χ1) is 34.4. The lowest BCUT2D eigenvalue weighted by Crippen LogP contribution is -2.64. The molecular formula is C57H105O13P. The zero-order valence-corrected chi connectivity index (χ0v) is 45.7. The number of phosphoric ester groups is 1. The topological polar surface area (TPSA) is 210 Å². The van der Waals surface area contributed by atoms with Crippen molar-refractivity contribution in [1.82, 2.24) is 0 Å². The van der Waals surface area contributed by atoms with Crippen LogP contribution in [0.1, 0.15) is 258 Å². The number of aliphatic hydroxyl groups excluding tert-OH is 5. The smallest absolute Gasteiger partial charge is 0.462 e. The van der Waals surface area contributed by atoms with Gasteiger partial charge in [0.1, 0.15) is 43.2 Å². The maximum absolute atomic E-state index is 12.9. The van der Waals surface area contributed by atoms with Gasteiger partial charge in [0, 0.05) is 12.8 Å². The van der Waals surface area contributed by atoms with Gasteiger partial charge in [-0.15, -0.1) is 0 Å². The van der Waals surface area contributed by atoms with Crippen LogP contribution in [0.3, 0.4) is 0 Å². The van der Waals surface area contributed by atoms with Crippen LogP contribution in [0.4, 0.5) is 0 Å². The Kier molecular flexibility index (Phi) is 44.0. The summed E-state index contributed by atoms with van der Waals surface area (Å²) in [5, 5.41) is 50.4. The average molecular weight is 1030 g/mol. The summed E-state index contributed by atoms with van der Waals surface area (Å²) in [5.74, 6) is -1.09. The fraction of sp³-hybridized carbons (Fsp3) is 0.860. The van der Waals surface area contributed by atoms with E-state index in [1.54, 1.807) is 0 Å². The fourth-order valence-electron chi connectivity index (χ4n) is 8.84. The Labute approximate surface area is 431 Å². The molecule has 0 saturated heterocycles. The predicted octanol–water partition coefficient (Wildman–Crippen LogP) is 13.3. The van der Waals surface area contributed by atoms with Crippen molar-refractivity contribution >= 4 is 19.8 Å². The zero-order valence-electron chi connectivity index (χ0n) is 44.8. The molecule has 416 valence electrons. The van der Waals surface area contributed by atoms with E-state index in [0.717, 1.165) is 64.2 Å². The molecular weight excluding hydrogens is 924 g/mol. The second kappa shape index (κ2) is 46.6. The molecule has 1 aliphatic carbocycles. The predicted molar refractivity (Wildman–Crippen MR) is 286 cm³/mol. The maximum atomic E-state index is 12.9. The van der Waals surface area contributed by atoms with Gasteiger partial charge < -0.3 is 39.9 Å². The maximum Gasteiger partial charge on any atom is 0.472 e. The minimum atomic E-state index is -5.13. The van der Waals surface area contributed by atoms with Crippen molar-refractivity contribution < 1.29 is 63.1 Å². The fourth-order valence-corrected chi connectivity index (χ4v) is 9.82. The van der Waals surface area contributed by atoms with Crippen molar-refractivity contribution in [2.75, 3.05) is 13.2 Å². The molecule has 14 heteroatoms. The minimum Gasteiger partial charge on any atom is -0.462 e. The number of allylic oxidation sites excluding steroid dienone is 6. The summed E-state index contributed by atoms with van der Waals surface area (Å²) < 4.78 is 33.8. The number of carbonyl (C=O) groups excluding carboxylic acids is 2. The highest BCUT2D eigenvalue weighted by atomic mass is 31.2. The molecule has 0 heterocycles. The number of hydrogen-bond acceptors (Lipinski definition) is 12. The van der Waals surface area contributed by atoms with E-state index in [-0.39, 0.29) is 12.8 Å². The van der Waals surface area contributed by atoms with E-state index in [2.05, 4.69) is 50.3 Å². The van der Waals surface area contributed by atoms with Crippen LogP contribution in [-0.4, -0.2) is 98.3 Å². The molecule has 13 nitrogen and oxygen atoms in total. The first kappa shape index (κ1) is 67.1. The summed E-state index contributed by atoms with van der Waals surface area (Å²) in [4.78, 5) is 36.0. The second-order valence-electron chi connectivity index (χ2n) is 20.1. The van der Waals surface area contributed by atoms with Crippen molar-refractivity contribution in [2.24, 2.45) is 0 Å². The first-order valence-corrected chi connectivity index (χ1v) is 30.3. The average Bonchev–Trinajstić information content (AvgIpc) is 3.35. The van der Waals surface area contributed by atoms with Gasteiger partial charge in [-0.05, 0) is 70.6 Å². The first-order valence-electron chi connectivity index (χ1n) is 28.8. The lowest BCUT2D eigenvalue weighted by Gasteiger charge is -2.41. The van der Waals surface area contributed by atoms with Crippen LogP contribution in [0.2, 0.25) is 0 Å². The van der Waals surface area contributed by atoms with Gasteiger partial charge in [-0.3, -0.25) is 18.6 Å². The van der Waals surface area contributed by atoms with E-state index >= 15 is 0 Å². The Morgan fingerprint density at radius 1 is 0.437 bits per heavy atom. The third-order valence-corrected chi connectivity index (χ3v) is 14.4. The molecule has 1 aliphatic rings. The van der Waals surface area contributed by atoms with Crippen LogP contribution >= 0.6 is 7.82 Å². The number of carbonyl (C=O) groups is 2. The van der Waals surface area contributed by atoms with E-state index in [9.17, 15) is 44.6 Å². The summed E-state index contributed by atoms with van der Waals surface area (Å²) in [7, 11) is -5.13. The normalized spacial score (nSPS) is 20.8. The van der Waals surface area contributed by atoms with Crippen LogP contribution in [0, 0.1) is 0 Å². The number of phosphoric acid groups is 1. The molecule has 6 unspecified atom stereocenters. The van der Waals surface area contributed by atoms with Crippen LogP contribution in [0.15, 0.2) is 36.5 Å². The summed E-state index contributed by atoms with van der Waals surface area (Å²) in [6.07, 6.45) is 43.3. The Morgan fingerprint density at radius 2 is 0.761 bits per heavy atom. The molecule has 6 atom stereocenters. The monoisotopic (exact) mass is 1030 g/mol. The van der Waals surface area contributed by atoms with Gasteiger partial charge in [-0.25, -0.2) is 4.57 Å². The van der Waals surface area contributed by atoms with Crippen LogP contribution in [0.5, 0.6) is 0 Å².